The average Bonchev–Trinajstić information content (AvgIpc) is 2.94. The summed E-state index contributed by atoms with van der Waals surface area (Å²) in [6.07, 6.45) is 5.77. The van der Waals surface area contributed by atoms with Gasteiger partial charge < -0.3 is 14.8 Å². The highest BCUT2D eigenvalue weighted by atomic mass is 16.5. The average molecular weight is 275 g/mol. The maximum atomic E-state index is 5.92. The summed E-state index contributed by atoms with van der Waals surface area (Å²) in [6.45, 7) is 3.84. The van der Waals surface area contributed by atoms with Gasteiger partial charge in [-0.15, -0.1) is 0 Å². The molecule has 1 aliphatic heterocycles. The smallest absolute Gasteiger partial charge is 0.0720 e. The maximum absolute atomic E-state index is 5.92. The third-order valence-electron chi connectivity index (χ3n) is 4.35. The van der Waals surface area contributed by atoms with E-state index in [1.54, 1.807) is 0 Å². The predicted octanol–water partition coefficient (Wildman–Crippen LogP) is 2.75. The van der Waals surface area contributed by atoms with E-state index in [4.69, 9.17) is 9.47 Å². The molecule has 0 bridgehead atoms. The maximum Gasteiger partial charge on any atom is 0.0720 e. The lowest BCUT2D eigenvalue weighted by Gasteiger charge is -2.35. The van der Waals surface area contributed by atoms with Gasteiger partial charge in [-0.2, -0.15) is 0 Å². The van der Waals surface area contributed by atoms with Crippen molar-refractivity contribution in [2.75, 3.05) is 19.7 Å². The van der Waals surface area contributed by atoms with Gasteiger partial charge in [-0.25, -0.2) is 0 Å². The number of hydrogen-bond donors (Lipinski definition) is 1. The zero-order valence-corrected chi connectivity index (χ0v) is 12.1. The Morgan fingerprint density at radius 3 is 2.75 bits per heavy atom. The van der Waals surface area contributed by atoms with E-state index in [0.29, 0.717) is 12.2 Å². The zero-order chi connectivity index (χ0) is 13.6. The lowest BCUT2D eigenvalue weighted by atomic mass is 9.82. The minimum absolute atomic E-state index is 0.459. The minimum Gasteiger partial charge on any atom is -0.377 e. The molecule has 1 atom stereocenters. The molecule has 0 radical (unpaired) electrons. The van der Waals surface area contributed by atoms with Gasteiger partial charge in [0, 0.05) is 13.2 Å². The molecule has 1 heterocycles. The molecule has 110 valence electrons. The lowest BCUT2D eigenvalue weighted by molar-refractivity contribution is -0.0400. The third kappa shape index (κ3) is 4.05. The van der Waals surface area contributed by atoms with Crippen molar-refractivity contribution in [2.45, 2.75) is 44.5 Å². The monoisotopic (exact) mass is 275 g/mol. The molecule has 0 aromatic heterocycles. The van der Waals surface area contributed by atoms with Gasteiger partial charge in [0.05, 0.1) is 18.8 Å². The van der Waals surface area contributed by atoms with Crippen molar-refractivity contribution < 1.29 is 9.47 Å². The summed E-state index contributed by atoms with van der Waals surface area (Å²) in [7, 11) is 0. The second-order valence-electron chi connectivity index (χ2n) is 6.05. The number of benzene rings is 1. The molecular weight excluding hydrogens is 250 g/mol. The molecule has 0 spiro atoms. The molecule has 1 saturated heterocycles. The Kier molecular flexibility index (Phi) is 5.06. The fraction of sp³-hybridized carbons (Fsp3) is 0.647. The van der Waals surface area contributed by atoms with Gasteiger partial charge in [-0.1, -0.05) is 30.3 Å². The highest BCUT2D eigenvalue weighted by Crippen LogP contribution is 2.30. The molecule has 1 saturated carbocycles. The fourth-order valence-electron chi connectivity index (χ4n) is 3.02. The van der Waals surface area contributed by atoms with E-state index in [-0.39, 0.29) is 0 Å². The molecule has 1 unspecified atom stereocenters. The van der Waals surface area contributed by atoms with Crippen LogP contribution in [0.25, 0.3) is 0 Å². The van der Waals surface area contributed by atoms with Gasteiger partial charge in [-0.05, 0) is 43.7 Å². The van der Waals surface area contributed by atoms with Crippen molar-refractivity contribution in [3.05, 3.63) is 35.9 Å². The zero-order valence-electron chi connectivity index (χ0n) is 12.1. The summed E-state index contributed by atoms with van der Waals surface area (Å²) >= 11 is 0. The normalized spacial score (nSPS) is 29.3. The summed E-state index contributed by atoms with van der Waals surface area (Å²) in [5, 5.41) is 3.54. The summed E-state index contributed by atoms with van der Waals surface area (Å²) in [4.78, 5) is 0. The largest absolute Gasteiger partial charge is 0.377 e. The SMILES string of the molecule is c1ccc(COC2CC(CNCC3CCCO3)C2)cc1. The van der Waals surface area contributed by atoms with Crippen LogP contribution in [0.15, 0.2) is 30.3 Å². The van der Waals surface area contributed by atoms with Crippen LogP contribution in [-0.2, 0) is 16.1 Å². The quantitative estimate of drug-likeness (QED) is 0.830. The highest BCUT2D eigenvalue weighted by molar-refractivity contribution is 5.13. The van der Waals surface area contributed by atoms with Gasteiger partial charge in [0.2, 0.25) is 0 Å². The van der Waals surface area contributed by atoms with Gasteiger partial charge in [0.15, 0.2) is 0 Å². The van der Waals surface area contributed by atoms with Crippen molar-refractivity contribution in [1.82, 2.24) is 5.32 Å². The van der Waals surface area contributed by atoms with Gasteiger partial charge in [-0.3, -0.25) is 0 Å². The Bertz CT molecular complexity index is 383. The molecule has 2 aliphatic rings. The first-order chi connectivity index (χ1) is 9.90. The van der Waals surface area contributed by atoms with E-state index in [9.17, 15) is 0 Å². The van der Waals surface area contributed by atoms with E-state index in [0.717, 1.165) is 32.2 Å². The highest BCUT2D eigenvalue weighted by Gasteiger charge is 2.29. The molecule has 3 heteroatoms. The Morgan fingerprint density at radius 2 is 2.00 bits per heavy atom. The van der Waals surface area contributed by atoms with Crippen LogP contribution in [0.3, 0.4) is 0 Å². The van der Waals surface area contributed by atoms with Crippen LogP contribution in [0.5, 0.6) is 0 Å². The van der Waals surface area contributed by atoms with Crippen LogP contribution in [0.1, 0.15) is 31.2 Å². The molecule has 1 N–H and O–H groups in total. The van der Waals surface area contributed by atoms with E-state index < -0.39 is 0 Å². The van der Waals surface area contributed by atoms with Crippen molar-refractivity contribution in [1.29, 1.82) is 0 Å². The van der Waals surface area contributed by atoms with Crippen LogP contribution >= 0.6 is 0 Å². The van der Waals surface area contributed by atoms with Crippen LogP contribution < -0.4 is 5.32 Å². The summed E-state index contributed by atoms with van der Waals surface area (Å²) < 4.78 is 11.5. The Balaban J connectivity index is 1.24. The second kappa shape index (κ2) is 7.21. The second-order valence-corrected chi connectivity index (χ2v) is 6.05. The van der Waals surface area contributed by atoms with Crippen LogP contribution in [0.4, 0.5) is 0 Å². The molecular formula is C17H25NO2. The van der Waals surface area contributed by atoms with Crippen molar-refractivity contribution >= 4 is 0 Å². The molecule has 1 aromatic rings. The van der Waals surface area contributed by atoms with Gasteiger partial charge >= 0.3 is 0 Å². The molecule has 20 heavy (non-hydrogen) atoms. The van der Waals surface area contributed by atoms with Gasteiger partial charge in [0.25, 0.3) is 0 Å². The molecule has 1 aliphatic carbocycles. The summed E-state index contributed by atoms with van der Waals surface area (Å²) in [6, 6.07) is 10.4. The number of nitrogens with one attached hydrogen (secondary N) is 1. The number of rotatable bonds is 7. The molecule has 3 nitrogen and oxygen atoms in total. The summed E-state index contributed by atoms with van der Waals surface area (Å²) in [5.74, 6) is 0.789. The molecule has 1 aromatic carbocycles. The van der Waals surface area contributed by atoms with Gasteiger partial charge in [0.1, 0.15) is 0 Å². The Labute approximate surface area is 121 Å². The Morgan fingerprint density at radius 1 is 1.15 bits per heavy atom. The van der Waals surface area contributed by atoms with Crippen molar-refractivity contribution in [2.24, 2.45) is 5.92 Å². The Hall–Kier alpha value is -0.900. The number of ether oxygens (including phenoxy) is 2. The standard InChI is InChI=1S/C17H25NO2/c1-2-5-14(6-3-1)13-20-17-9-15(10-17)11-18-12-16-7-4-8-19-16/h1-3,5-6,15-18H,4,7-13H2. The fourth-order valence-corrected chi connectivity index (χ4v) is 3.02. The number of hydrogen-bond acceptors (Lipinski definition) is 3. The first kappa shape index (κ1) is 14.1. The molecule has 2 fully saturated rings. The first-order valence-corrected chi connectivity index (χ1v) is 7.88. The van der Waals surface area contributed by atoms with E-state index in [1.807, 2.05) is 6.07 Å². The summed E-state index contributed by atoms with van der Waals surface area (Å²) in [5.41, 5.74) is 1.27. The van der Waals surface area contributed by atoms with Crippen molar-refractivity contribution in [3.63, 3.8) is 0 Å². The van der Waals surface area contributed by atoms with E-state index in [1.165, 1.54) is 31.2 Å². The topological polar surface area (TPSA) is 30.5 Å². The predicted molar refractivity (Wildman–Crippen MR) is 79.6 cm³/mol. The first-order valence-electron chi connectivity index (χ1n) is 7.88. The lowest BCUT2D eigenvalue weighted by Crippen LogP contribution is -2.39. The third-order valence-corrected chi connectivity index (χ3v) is 4.35. The van der Waals surface area contributed by atoms with Crippen LogP contribution in [0, 0.1) is 5.92 Å². The molecule has 3 rings (SSSR count). The van der Waals surface area contributed by atoms with E-state index in [2.05, 4.69) is 29.6 Å². The van der Waals surface area contributed by atoms with E-state index >= 15 is 0 Å². The van der Waals surface area contributed by atoms with Crippen LogP contribution in [-0.4, -0.2) is 31.9 Å². The molecule has 0 amide bonds. The van der Waals surface area contributed by atoms with Crippen molar-refractivity contribution in [3.8, 4) is 0 Å². The minimum atomic E-state index is 0.459. The van der Waals surface area contributed by atoms with Crippen LogP contribution in [0.2, 0.25) is 0 Å².